The summed E-state index contributed by atoms with van der Waals surface area (Å²) in [6, 6.07) is 54.7. The van der Waals surface area contributed by atoms with Crippen molar-refractivity contribution in [2.24, 2.45) is 0 Å². The molecule has 0 radical (unpaired) electrons. The van der Waals surface area contributed by atoms with Gasteiger partial charge in [0.15, 0.2) is 0 Å². The molecule has 1 heterocycles. The van der Waals surface area contributed by atoms with Gasteiger partial charge in [0.05, 0.1) is 16.8 Å². The van der Waals surface area contributed by atoms with Gasteiger partial charge >= 0.3 is 0 Å². The summed E-state index contributed by atoms with van der Waals surface area (Å²) >= 11 is 0. The second-order valence-electron chi connectivity index (χ2n) is 12.5. The van der Waals surface area contributed by atoms with Crippen LogP contribution in [-0.4, -0.2) is 0 Å². The fraction of sp³-hybridized carbons (Fsp3) is 0.0698. The Kier molecular flexibility index (Phi) is 5.58. The van der Waals surface area contributed by atoms with Crippen molar-refractivity contribution >= 4 is 49.8 Å². The summed E-state index contributed by atoms with van der Waals surface area (Å²) in [5, 5.41) is 4.50. The first-order valence-electron chi connectivity index (χ1n) is 15.6. The number of anilines is 3. The molecule has 1 aliphatic rings. The zero-order valence-electron chi connectivity index (χ0n) is 25.3. The lowest BCUT2D eigenvalue weighted by atomic mass is 9.82. The minimum absolute atomic E-state index is 0.0613. The molecule has 2 nitrogen and oxygen atoms in total. The molecule has 0 amide bonds. The lowest BCUT2D eigenvalue weighted by Gasteiger charge is -2.30. The topological polar surface area (TPSA) is 16.4 Å². The molecule has 8 aromatic rings. The molecule has 0 fully saturated rings. The average Bonchev–Trinajstić information content (AvgIpc) is 3.59. The van der Waals surface area contributed by atoms with E-state index in [-0.39, 0.29) is 5.41 Å². The van der Waals surface area contributed by atoms with Crippen LogP contribution in [0.15, 0.2) is 156 Å². The van der Waals surface area contributed by atoms with Gasteiger partial charge in [0.1, 0.15) is 11.2 Å². The van der Waals surface area contributed by atoms with Crippen LogP contribution in [0.5, 0.6) is 0 Å². The van der Waals surface area contributed by atoms with E-state index < -0.39 is 0 Å². The van der Waals surface area contributed by atoms with Gasteiger partial charge in [-0.2, -0.15) is 0 Å². The lowest BCUT2D eigenvalue weighted by Crippen LogP contribution is -2.15. The third kappa shape index (κ3) is 3.82. The molecule has 2 heteroatoms. The fourth-order valence-electron chi connectivity index (χ4n) is 7.50. The highest BCUT2D eigenvalue weighted by atomic mass is 16.3. The summed E-state index contributed by atoms with van der Waals surface area (Å²) < 4.78 is 6.66. The minimum atomic E-state index is -0.0613. The number of furan rings is 1. The first-order valence-corrected chi connectivity index (χ1v) is 15.6. The molecule has 0 saturated carbocycles. The molecule has 7 aromatic carbocycles. The van der Waals surface area contributed by atoms with E-state index in [4.69, 9.17) is 4.42 Å². The Morgan fingerprint density at radius 1 is 0.511 bits per heavy atom. The molecule has 1 aromatic heterocycles. The summed E-state index contributed by atoms with van der Waals surface area (Å²) in [6.45, 7) is 4.68. The third-order valence-corrected chi connectivity index (χ3v) is 9.65. The number of para-hydroxylation sites is 2. The largest absolute Gasteiger partial charge is 0.455 e. The Morgan fingerprint density at radius 3 is 2.04 bits per heavy atom. The molecule has 0 unspecified atom stereocenters. The smallest absolute Gasteiger partial charge is 0.145 e. The Balaban J connectivity index is 1.41. The van der Waals surface area contributed by atoms with Crippen LogP contribution in [0.4, 0.5) is 17.1 Å². The molecule has 0 atom stereocenters. The summed E-state index contributed by atoms with van der Waals surface area (Å²) in [6.07, 6.45) is 0. The van der Waals surface area contributed by atoms with Gasteiger partial charge in [0.25, 0.3) is 0 Å². The highest BCUT2D eigenvalue weighted by molar-refractivity contribution is 6.22. The van der Waals surface area contributed by atoms with Crippen molar-refractivity contribution in [3.8, 4) is 22.3 Å². The van der Waals surface area contributed by atoms with Crippen LogP contribution >= 0.6 is 0 Å². The highest BCUT2D eigenvalue weighted by Crippen LogP contribution is 2.52. The monoisotopic (exact) mass is 577 g/mol. The third-order valence-electron chi connectivity index (χ3n) is 9.65. The van der Waals surface area contributed by atoms with E-state index in [1.165, 1.54) is 33.4 Å². The molecule has 0 saturated heterocycles. The van der Waals surface area contributed by atoms with Crippen LogP contribution < -0.4 is 4.90 Å². The average molecular weight is 578 g/mol. The number of fused-ring (bicyclic) bond motifs is 8. The highest BCUT2D eigenvalue weighted by Gasteiger charge is 2.36. The zero-order chi connectivity index (χ0) is 30.1. The first-order chi connectivity index (χ1) is 22.1. The molecule has 0 spiro atoms. The van der Waals surface area contributed by atoms with Crippen molar-refractivity contribution in [2.75, 3.05) is 4.90 Å². The second-order valence-corrected chi connectivity index (χ2v) is 12.5. The van der Waals surface area contributed by atoms with E-state index >= 15 is 0 Å². The van der Waals surface area contributed by atoms with E-state index in [1.807, 2.05) is 0 Å². The van der Waals surface area contributed by atoms with Crippen LogP contribution in [0.1, 0.15) is 25.0 Å². The van der Waals surface area contributed by atoms with Crippen LogP contribution in [0.25, 0.3) is 55.0 Å². The lowest BCUT2D eigenvalue weighted by molar-refractivity contribution is 0.660. The molecular formula is C43H31NO. The Bertz CT molecular complexity index is 2410. The molecule has 1 aliphatic carbocycles. The van der Waals surface area contributed by atoms with E-state index in [0.717, 1.165) is 49.8 Å². The molecule has 0 N–H and O–H groups in total. The van der Waals surface area contributed by atoms with Crippen LogP contribution in [-0.2, 0) is 5.41 Å². The van der Waals surface area contributed by atoms with E-state index in [1.54, 1.807) is 0 Å². The number of benzene rings is 7. The van der Waals surface area contributed by atoms with Gasteiger partial charge in [-0.1, -0.05) is 135 Å². The van der Waals surface area contributed by atoms with Crippen molar-refractivity contribution < 1.29 is 4.42 Å². The maximum absolute atomic E-state index is 6.66. The molecular weight excluding hydrogens is 546 g/mol. The maximum Gasteiger partial charge on any atom is 0.145 e. The molecule has 0 aliphatic heterocycles. The number of hydrogen-bond acceptors (Lipinski definition) is 2. The van der Waals surface area contributed by atoms with Crippen LogP contribution in [0.2, 0.25) is 0 Å². The molecule has 9 rings (SSSR count). The molecule has 45 heavy (non-hydrogen) atoms. The van der Waals surface area contributed by atoms with Gasteiger partial charge in [0.2, 0.25) is 0 Å². The van der Waals surface area contributed by atoms with Gasteiger partial charge in [-0.3, -0.25) is 0 Å². The van der Waals surface area contributed by atoms with E-state index in [0.29, 0.717) is 0 Å². The molecule has 0 bridgehead atoms. The van der Waals surface area contributed by atoms with Crippen molar-refractivity contribution in [3.63, 3.8) is 0 Å². The quantitative estimate of drug-likeness (QED) is 0.207. The zero-order valence-corrected chi connectivity index (χ0v) is 25.3. The molecule has 214 valence electrons. The van der Waals surface area contributed by atoms with Crippen LogP contribution in [0, 0.1) is 0 Å². The van der Waals surface area contributed by atoms with Gasteiger partial charge in [-0.25, -0.2) is 0 Å². The fourth-order valence-corrected chi connectivity index (χ4v) is 7.50. The van der Waals surface area contributed by atoms with E-state index in [9.17, 15) is 0 Å². The Morgan fingerprint density at radius 2 is 1.18 bits per heavy atom. The number of rotatable bonds is 4. The Hall–Kier alpha value is -5.60. The normalized spacial score (nSPS) is 13.3. The number of nitrogens with zero attached hydrogens (tertiary/aromatic N) is 1. The number of hydrogen-bond donors (Lipinski definition) is 0. The minimum Gasteiger partial charge on any atom is -0.455 e. The van der Waals surface area contributed by atoms with Crippen molar-refractivity contribution in [1.82, 2.24) is 0 Å². The standard InChI is InChI=1S/C43H31NO/c1-43(2)36-21-11-8-19-33(36)35-27-30(24-25-37(35)43)44(38-22-12-9-17-31(38)28-14-4-3-5-15-28)39-26-29-16-6-7-18-32(29)42-41(39)34-20-10-13-23-40(34)45-42/h3-27H,1-2H3. The SMILES string of the molecule is CC1(C)c2ccccc2-c2cc(N(c3ccccc3-c3ccccc3)c3cc4ccccc4c4oc5ccccc5c34)ccc21. The predicted octanol–water partition coefficient (Wildman–Crippen LogP) is 12.2. The predicted molar refractivity (Wildman–Crippen MR) is 189 cm³/mol. The summed E-state index contributed by atoms with van der Waals surface area (Å²) in [5.41, 5.74) is 12.8. The van der Waals surface area contributed by atoms with Gasteiger partial charge in [-0.05, 0) is 63.5 Å². The summed E-state index contributed by atoms with van der Waals surface area (Å²) in [4.78, 5) is 2.45. The summed E-state index contributed by atoms with van der Waals surface area (Å²) in [7, 11) is 0. The first kappa shape index (κ1) is 25.9. The Labute approximate surface area is 262 Å². The van der Waals surface area contributed by atoms with Crippen LogP contribution in [0.3, 0.4) is 0 Å². The van der Waals surface area contributed by atoms with Gasteiger partial charge in [-0.15, -0.1) is 0 Å². The van der Waals surface area contributed by atoms with Gasteiger partial charge in [0, 0.05) is 27.4 Å². The van der Waals surface area contributed by atoms with Crippen molar-refractivity contribution in [2.45, 2.75) is 19.3 Å². The summed E-state index contributed by atoms with van der Waals surface area (Å²) in [5.74, 6) is 0. The van der Waals surface area contributed by atoms with E-state index in [2.05, 4.69) is 170 Å². The maximum atomic E-state index is 6.66. The van der Waals surface area contributed by atoms with Gasteiger partial charge < -0.3 is 9.32 Å². The second kappa shape index (κ2) is 9.70. The van der Waals surface area contributed by atoms with Crippen molar-refractivity contribution in [3.05, 3.63) is 163 Å². The van der Waals surface area contributed by atoms with Crippen molar-refractivity contribution in [1.29, 1.82) is 0 Å².